The molecule has 0 atom stereocenters. The third-order valence-electron chi connectivity index (χ3n) is 5.98. The van der Waals surface area contributed by atoms with Crippen LogP contribution in [0.1, 0.15) is 25.4 Å². The van der Waals surface area contributed by atoms with Crippen LogP contribution in [0.4, 0.5) is 11.6 Å². The number of nitrogens with one attached hydrogen (secondary N) is 2. The van der Waals surface area contributed by atoms with E-state index in [0.717, 1.165) is 44.9 Å². The van der Waals surface area contributed by atoms with Gasteiger partial charge in [-0.2, -0.15) is 0 Å². The van der Waals surface area contributed by atoms with Crippen LogP contribution in [-0.4, -0.2) is 31.5 Å². The molecular weight excluding hydrogens is 422 g/mol. The van der Waals surface area contributed by atoms with E-state index < -0.39 is 0 Å². The summed E-state index contributed by atoms with van der Waals surface area (Å²) < 4.78 is 0. The number of hydrogen-bond donors (Lipinski definition) is 3. The summed E-state index contributed by atoms with van der Waals surface area (Å²) in [6.07, 6.45) is 3.67. The minimum absolute atomic E-state index is 0.206. The van der Waals surface area contributed by atoms with Crippen molar-refractivity contribution in [3.05, 3.63) is 84.6 Å². The number of hydrogen-bond acceptors (Lipinski definition) is 6. The van der Waals surface area contributed by atoms with Crippen LogP contribution in [0.2, 0.25) is 0 Å². The molecule has 0 aliphatic rings. The van der Waals surface area contributed by atoms with Gasteiger partial charge in [-0.05, 0) is 25.1 Å². The Labute approximate surface area is 198 Å². The first-order chi connectivity index (χ1) is 16.4. The fourth-order valence-electron chi connectivity index (χ4n) is 3.96. The van der Waals surface area contributed by atoms with Gasteiger partial charge in [-0.3, -0.25) is 4.98 Å². The van der Waals surface area contributed by atoms with Crippen molar-refractivity contribution in [1.82, 2.24) is 24.9 Å². The predicted molar refractivity (Wildman–Crippen MR) is 137 cm³/mol. The zero-order valence-corrected chi connectivity index (χ0v) is 19.5. The molecule has 0 aliphatic heterocycles. The highest BCUT2D eigenvalue weighted by atomic mass is 15.1. The maximum absolute atomic E-state index is 6.40. The second kappa shape index (κ2) is 8.59. The Morgan fingerprint density at radius 2 is 1.71 bits per heavy atom. The summed E-state index contributed by atoms with van der Waals surface area (Å²) in [6.45, 7) is 6.85. The average Bonchev–Trinajstić information content (AvgIpc) is 3.30. The first-order valence-corrected chi connectivity index (χ1v) is 11.2. The standard InChI is InChI=1S/C27H27N7/c1-17-30-15-22(32-17)27(2,3)16-31-26-25(28)33-23(18-8-5-4-6-9-18)24(34-26)20-11-12-21-19(14-20)10-7-13-29-21/h4-15H,16H2,1-3H3,(H2,28,33)(H,30,32)(H,31,34). The molecule has 170 valence electrons. The van der Waals surface area contributed by atoms with Crippen molar-refractivity contribution in [2.75, 3.05) is 17.6 Å². The van der Waals surface area contributed by atoms with Gasteiger partial charge in [-0.1, -0.05) is 56.3 Å². The largest absolute Gasteiger partial charge is 0.381 e. The van der Waals surface area contributed by atoms with E-state index in [2.05, 4.69) is 40.2 Å². The number of benzene rings is 2. The van der Waals surface area contributed by atoms with Gasteiger partial charge in [0.1, 0.15) is 5.82 Å². The lowest BCUT2D eigenvalue weighted by Crippen LogP contribution is -2.29. The fraction of sp³-hybridized carbons (Fsp3) is 0.185. The zero-order chi connectivity index (χ0) is 23.7. The van der Waals surface area contributed by atoms with E-state index in [1.54, 1.807) is 6.20 Å². The monoisotopic (exact) mass is 449 g/mol. The third-order valence-corrected chi connectivity index (χ3v) is 5.98. The summed E-state index contributed by atoms with van der Waals surface area (Å²) in [5, 5.41) is 4.47. The molecule has 0 fully saturated rings. The number of rotatable bonds is 6. The topological polar surface area (TPSA) is 105 Å². The van der Waals surface area contributed by atoms with Crippen LogP contribution in [0.5, 0.6) is 0 Å². The second-order valence-electron chi connectivity index (χ2n) is 9.05. The molecule has 3 heterocycles. The molecule has 4 N–H and O–H groups in total. The van der Waals surface area contributed by atoms with Gasteiger partial charge in [0.05, 0.1) is 16.9 Å². The summed E-state index contributed by atoms with van der Waals surface area (Å²) >= 11 is 0. The molecule has 5 aromatic rings. The highest BCUT2D eigenvalue weighted by Crippen LogP contribution is 2.34. The van der Waals surface area contributed by atoms with Gasteiger partial charge in [0.2, 0.25) is 0 Å². The molecule has 7 nitrogen and oxygen atoms in total. The Kier molecular flexibility index (Phi) is 5.45. The molecule has 0 saturated heterocycles. The van der Waals surface area contributed by atoms with Gasteiger partial charge in [0.25, 0.3) is 0 Å². The van der Waals surface area contributed by atoms with Crippen LogP contribution in [0.25, 0.3) is 33.4 Å². The Bertz CT molecular complexity index is 1450. The molecular formula is C27H27N7. The molecule has 0 spiro atoms. The number of H-pyrrole nitrogens is 1. The summed E-state index contributed by atoms with van der Waals surface area (Å²) in [4.78, 5) is 21.9. The van der Waals surface area contributed by atoms with Crippen LogP contribution >= 0.6 is 0 Å². The molecule has 0 saturated carbocycles. The van der Waals surface area contributed by atoms with Gasteiger partial charge < -0.3 is 16.0 Å². The van der Waals surface area contributed by atoms with Crippen LogP contribution in [0.15, 0.2) is 73.1 Å². The normalized spacial score (nSPS) is 11.6. The van der Waals surface area contributed by atoms with Crippen LogP contribution in [0, 0.1) is 6.92 Å². The zero-order valence-electron chi connectivity index (χ0n) is 19.5. The van der Waals surface area contributed by atoms with E-state index in [1.807, 2.05) is 67.7 Å². The van der Waals surface area contributed by atoms with Gasteiger partial charge in [-0.15, -0.1) is 0 Å². The third kappa shape index (κ3) is 4.20. The summed E-state index contributed by atoms with van der Waals surface area (Å²) in [5.41, 5.74) is 11.6. The SMILES string of the molecule is Cc1ncc(C(C)(C)CNc2nc(-c3ccc4ncccc4c3)c(-c3ccccc3)nc2N)[nH]1. The molecule has 3 aromatic heterocycles. The number of nitrogens with two attached hydrogens (primary N) is 1. The predicted octanol–water partition coefficient (Wildman–Crippen LogP) is 5.36. The molecule has 7 heteroatoms. The van der Waals surface area contributed by atoms with E-state index in [9.17, 15) is 0 Å². The molecule has 0 aliphatic carbocycles. The Balaban J connectivity index is 1.57. The van der Waals surface area contributed by atoms with Gasteiger partial charge in [0.15, 0.2) is 11.6 Å². The van der Waals surface area contributed by atoms with Gasteiger partial charge >= 0.3 is 0 Å². The van der Waals surface area contributed by atoms with Crippen molar-refractivity contribution in [1.29, 1.82) is 0 Å². The molecule has 0 bridgehead atoms. The maximum Gasteiger partial charge on any atom is 0.169 e. The number of imidazole rings is 1. The van der Waals surface area contributed by atoms with Crippen molar-refractivity contribution in [2.45, 2.75) is 26.2 Å². The fourth-order valence-corrected chi connectivity index (χ4v) is 3.96. The van der Waals surface area contributed by atoms with Crippen molar-refractivity contribution < 1.29 is 0 Å². The quantitative estimate of drug-likeness (QED) is 0.322. The molecule has 5 rings (SSSR count). The molecule has 0 radical (unpaired) electrons. The Morgan fingerprint density at radius 1 is 0.912 bits per heavy atom. The first kappa shape index (κ1) is 21.6. The van der Waals surface area contributed by atoms with Gasteiger partial charge in [-0.25, -0.2) is 15.0 Å². The van der Waals surface area contributed by atoms with Crippen molar-refractivity contribution in [3.63, 3.8) is 0 Å². The number of fused-ring (bicyclic) bond motifs is 1. The van der Waals surface area contributed by atoms with Crippen LogP contribution < -0.4 is 11.1 Å². The lowest BCUT2D eigenvalue weighted by molar-refractivity contribution is 0.540. The van der Waals surface area contributed by atoms with E-state index in [1.165, 1.54) is 0 Å². The van der Waals surface area contributed by atoms with Crippen molar-refractivity contribution in [2.24, 2.45) is 0 Å². The minimum Gasteiger partial charge on any atom is -0.381 e. The summed E-state index contributed by atoms with van der Waals surface area (Å²) in [5.74, 6) is 1.81. The Hall–Kier alpha value is -4.26. The molecule has 2 aromatic carbocycles. The van der Waals surface area contributed by atoms with Crippen molar-refractivity contribution in [3.8, 4) is 22.5 Å². The van der Waals surface area contributed by atoms with Gasteiger partial charge in [0, 0.05) is 46.6 Å². The lowest BCUT2D eigenvalue weighted by atomic mass is 9.90. The number of aryl methyl sites for hydroxylation is 1. The van der Waals surface area contributed by atoms with E-state index in [4.69, 9.17) is 15.7 Å². The lowest BCUT2D eigenvalue weighted by Gasteiger charge is -2.24. The summed E-state index contributed by atoms with van der Waals surface area (Å²) in [7, 11) is 0. The minimum atomic E-state index is -0.206. The van der Waals surface area contributed by atoms with E-state index in [0.29, 0.717) is 18.2 Å². The maximum atomic E-state index is 6.40. The molecule has 34 heavy (non-hydrogen) atoms. The number of nitrogen functional groups attached to an aromatic ring is 1. The van der Waals surface area contributed by atoms with E-state index in [-0.39, 0.29) is 5.41 Å². The first-order valence-electron chi connectivity index (χ1n) is 11.2. The molecule has 0 amide bonds. The van der Waals surface area contributed by atoms with Crippen molar-refractivity contribution >= 4 is 22.5 Å². The highest BCUT2D eigenvalue weighted by Gasteiger charge is 2.24. The number of nitrogens with zero attached hydrogens (tertiary/aromatic N) is 4. The number of aromatic amines is 1. The number of pyridine rings is 1. The smallest absolute Gasteiger partial charge is 0.169 e. The van der Waals surface area contributed by atoms with Crippen LogP contribution in [-0.2, 0) is 5.41 Å². The number of anilines is 2. The second-order valence-corrected chi connectivity index (χ2v) is 9.05. The highest BCUT2D eigenvalue weighted by molar-refractivity contribution is 5.88. The average molecular weight is 450 g/mol. The van der Waals surface area contributed by atoms with E-state index >= 15 is 0 Å². The molecule has 0 unspecified atom stereocenters. The Morgan fingerprint density at radius 3 is 2.47 bits per heavy atom. The number of aromatic nitrogens is 5. The summed E-state index contributed by atoms with van der Waals surface area (Å²) in [6, 6.07) is 20.1. The van der Waals surface area contributed by atoms with Crippen LogP contribution in [0.3, 0.4) is 0 Å².